The van der Waals surface area contributed by atoms with Crippen molar-refractivity contribution in [3.05, 3.63) is 71.5 Å². The van der Waals surface area contributed by atoms with E-state index < -0.39 is 0 Å². The normalized spacial score (nSPS) is 10.7. The average molecular weight is 405 g/mol. The van der Waals surface area contributed by atoms with Gasteiger partial charge in [-0.25, -0.2) is 14.6 Å². The van der Waals surface area contributed by atoms with Gasteiger partial charge in [-0.05, 0) is 30.7 Å². The number of carbonyl (C=O) groups is 1. The molecule has 4 rings (SSSR count). The van der Waals surface area contributed by atoms with Crippen molar-refractivity contribution < 1.29 is 9.53 Å². The van der Waals surface area contributed by atoms with Gasteiger partial charge in [-0.1, -0.05) is 25.1 Å². The van der Waals surface area contributed by atoms with Crippen molar-refractivity contribution in [1.82, 2.24) is 19.7 Å². The van der Waals surface area contributed by atoms with Crippen LogP contribution in [0.25, 0.3) is 17.1 Å². The van der Waals surface area contributed by atoms with Crippen molar-refractivity contribution in [2.24, 2.45) is 0 Å². The summed E-state index contributed by atoms with van der Waals surface area (Å²) in [6, 6.07) is 13.2. The topological polar surface area (TPSA) is 81.9 Å². The fourth-order valence-electron chi connectivity index (χ4n) is 3.06. The number of nitrogens with zero attached hydrogens (tertiary/aromatic N) is 4. The number of amides is 1. The maximum Gasteiger partial charge on any atom is 0.260 e. The molecule has 0 radical (unpaired) electrons. The predicted octanol–water partition coefficient (Wildman–Crippen LogP) is 4.21. The molecule has 0 atom stereocenters. The highest BCUT2D eigenvalue weighted by molar-refractivity contribution is 7.14. The van der Waals surface area contributed by atoms with Crippen LogP contribution in [0.3, 0.4) is 0 Å². The Morgan fingerprint density at radius 2 is 2.03 bits per heavy atom. The summed E-state index contributed by atoms with van der Waals surface area (Å²) in [6.07, 6.45) is 3.91. The molecule has 0 unspecified atom stereocenters. The van der Waals surface area contributed by atoms with E-state index in [1.54, 1.807) is 24.2 Å². The minimum atomic E-state index is -0.245. The zero-order valence-electron chi connectivity index (χ0n) is 16.0. The van der Waals surface area contributed by atoms with Crippen molar-refractivity contribution in [3.63, 3.8) is 0 Å². The van der Waals surface area contributed by atoms with E-state index in [1.165, 1.54) is 11.3 Å². The van der Waals surface area contributed by atoms with Gasteiger partial charge in [0, 0.05) is 17.1 Å². The van der Waals surface area contributed by atoms with Crippen molar-refractivity contribution in [3.8, 4) is 22.8 Å². The van der Waals surface area contributed by atoms with Gasteiger partial charge in [0.2, 0.25) is 0 Å². The molecular weight excluding hydrogens is 386 g/mol. The Hall–Kier alpha value is -3.52. The number of para-hydroxylation sites is 1. The molecule has 0 bridgehead atoms. The molecule has 8 heteroatoms. The summed E-state index contributed by atoms with van der Waals surface area (Å²) in [5, 5.41) is 9.65. The number of pyridine rings is 1. The van der Waals surface area contributed by atoms with Gasteiger partial charge in [-0.2, -0.15) is 5.10 Å². The summed E-state index contributed by atoms with van der Waals surface area (Å²) >= 11 is 1.37. The van der Waals surface area contributed by atoms with E-state index in [2.05, 4.69) is 20.4 Å². The summed E-state index contributed by atoms with van der Waals surface area (Å²) in [5.41, 5.74) is 2.93. The molecule has 0 saturated carbocycles. The molecule has 29 heavy (non-hydrogen) atoms. The van der Waals surface area contributed by atoms with Crippen LogP contribution >= 0.6 is 11.3 Å². The van der Waals surface area contributed by atoms with Gasteiger partial charge < -0.3 is 4.74 Å². The van der Waals surface area contributed by atoms with E-state index in [-0.39, 0.29) is 5.91 Å². The number of nitrogens with one attached hydrogen (secondary N) is 1. The number of anilines is 1. The van der Waals surface area contributed by atoms with Gasteiger partial charge in [0.25, 0.3) is 5.91 Å². The van der Waals surface area contributed by atoms with Gasteiger partial charge >= 0.3 is 0 Å². The van der Waals surface area contributed by atoms with Crippen molar-refractivity contribution >= 4 is 22.4 Å². The molecule has 0 aliphatic carbocycles. The summed E-state index contributed by atoms with van der Waals surface area (Å²) in [4.78, 5) is 21.7. The second-order valence-electron chi connectivity index (χ2n) is 6.15. The first-order valence-corrected chi connectivity index (χ1v) is 9.97. The van der Waals surface area contributed by atoms with E-state index in [1.807, 2.05) is 54.8 Å². The highest BCUT2D eigenvalue weighted by Crippen LogP contribution is 2.32. The van der Waals surface area contributed by atoms with E-state index in [4.69, 9.17) is 4.74 Å². The molecule has 7 nitrogen and oxygen atoms in total. The number of rotatable bonds is 6. The Labute approximate surface area is 172 Å². The maximum absolute atomic E-state index is 12.9. The SMILES string of the molecule is CCc1c(C(=O)Nc2nc(-c3ccccc3OC)cs2)cnn1-c1ccccn1. The van der Waals surface area contributed by atoms with Crippen LogP contribution in [0.1, 0.15) is 23.0 Å². The third-order valence-electron chi connectivity index (χ3n) is 4.42. The molecule has 0 spiro atoms. The van der Waals surface area contributed by atoms with Gasteiger partial charge in [0.05, 0.1) is 30.3 Å². The van der Waals surface area contributed by atoms with E-state index in [9.17, 15) is 4.79 Å². The molecule has 1 aromatic carbocycles. The highest BCUT2D eigenvalue weighted by atomic mass is 32.1. The lowest BCUT2D eigenvalue weighted by Gasteiger charge is -2.07. The first-order chi connectivity index (χ1) is 14.2. The average Bonchev–Trinajstić information content (AvgIpc) is 3.41. The fourth-order valence-corrected chi connectivity index (χ4v) is 3.76. The lowest BCUT2D eigenvalue weighted by atomic mass is 10.1. The van der Waals surface area contributed by atoms with Gasteiger partial charge in [0.15, 0.2) is 10.9 Å². The zero-order chi connectivity index (χ0) is 20.2. The minimum Gasteiger partial charge on any atom is -0.496 e. The first kappa shape index (κ1) is 18.8. The van der Waals surface area contributed by atoms with Crippen LogP contribution in [-0.2, 0) is 6.42 Å². The third-order valence-corrected chi connectivity index (χ3v) is 5.18. The number of aromatic nitrogens is 4. The van der Waals surface area contributed by atoms with Crippen LogP contribution in [-0.4, -0.2) is 32.8 Å². The molecule has 3 aromatic heterocycles. The van der Waals surface area contributed by atoms with E-state index >= 15 is 0 Å². The lowest BCUT2D eigenvalue weighted by Crippen LogP contribution is -2.14. The summed E-state index contributed by atoms with van der Waals surface area (Å²) in [7, 11) is 1.62. The largest absolute Gasteiger partial charge is 0.496 e. The molecule has 3 heterocycles. The number of hydrogen-bond donors (Lipinski definition) is 1. The molecular formula is C21H19N5O2S. The van der Waals surface area contributed by atoms with Crippen LogP contribution in [0.4, 0.5) is 5.13 Å². The second-order valence-corrected chi connectivity index (χ2v) is 7.01. The Bertz CT molecular complexity index is 1140. The molecule has 0 saturated heterocycles. The summed E-state index contributed by atoms with van der Waals surface area (Å²) in [5.74, 6) is 1.17. The summed E-state index contributed by atoms with van der Waals surface area (Å²) in [6.45, 7) is 1.98. The van der Waals surface area contributed by atoms with E-state index in [0.29, 0.717) is 22.9 Å². The van der Waals surface area contributed by atoms with Crippen molar-refractivity contribution in [2.75, 3.05) is 12.4 Å². The van der Waals surface area contributed by atoms with E-state index in [0.717, 1.165) is 22.7 Å². The van der Waals surface area contributed by atoms with Crippen LogP contribution in [0, 0.1) is 0 Å². The molecule has 1 N–H and O–H groups in total. The minimum absolute atomic E-state index is 0.245. The smallest absolute Gasteiger partial charge is 0.260 e. The Morgan fingerprint density at radius 3 is 2.79 bits per heavy atom. The molecule has 1 amide bonds. The Balaban J connectivity index is 1.58. The van der Waals surface area contributed by atoms with Crippen LogP contribution in [0.2, 0.25) is 0 Å². The number of carbonyl (C=O) groups excluding carboxylic acids is 1. The molecule has 146 valence electrons. The number of benzene rings is 1. The third kappa shape index (κ3) is 3.74. The molecule has 4 aromatic rings. The van der Waals surface area contributed by atoms with Gasteiger partial charge in [0.1, 0.15) is 5.75 Å². The quantitative estimate of drug-likeness (QED) is 0.520. The van der Waals surface area contributed by atoms with Crippen LogP contribution < -0.4 is 10.1 Å². The first-order valence-electron chi connectivity index (χ1n) is 9.09. The predicted molar refractivity (Wildman–Crippen MR) is 113 cm³/mol. The highest BCUT2D eigenvalue weighted by Gasteiger charge is 2.19. The molecule has 0 aliphatic heterocycles. The second kappa shape index (κ2) is 8.24. The number of hydrogen-bond acceptors (Lipinski definition) is 6. The fraction of sp³-hybridized carbons (Fsp3) is 0.143. The maximum atomic E-state index is 12.9. The number of methoxy groups -OCH3 is 1. The summed E-state index contributed by atoms with van der Waals surface area (Å²) < 4.78 is 7.09. The van der Waals surface area contributed by atoms with Crippen molar-refractivity contribution in [1.29, 1.82) is 0 Å². The Morgan fingerprint density at radius 1 is 1.21 bits per heavy atom. The van der Waals surface area contributed by atoms with Gasteiger partial charge in [-0.15, -0.1) is 11.3 Å². The lowest BCUT2D eigenvalue weighted by molar-refractivity contribution is 0.102. The molecule has 0 fully saturated rings. The van der Waals surface area contributed by atoms with Crippen molar-refractivity contribution in [2.45, 2.75) is 13.3 Å². The number of thiazole rings is 1. The van der Waals surface area contributed by atoms with Crippen LogP contribution in [0.15, 0.2) is 60.2 Å². The Kier molecular flexibility index (Phi) is 5.35. The standard InChI is InChI=1S/C21H19N5O2S/c1-3-17-15(12-23-26(17)19-10-6-7-11-22-19)20(27)25-21-24-16(13-29-21)14-8-4-5-9-18(14)28-2/h4-13H,3H2,1-2H3,(H,24,25,27). The van der Waals surface area contributed by atoms with Gasteiger partial charge in [-0.3, -0.25) is 10.1 Å². The monoisotopic (exact) mass is 405 g/mol. The number of ether oxygens (including phenoxy) is 1. The zero-order valence-corrected chi connectivity index (χ0v) is 16.8. The van der Waals surface area contributed by atoms with Crippen LogP contribution in [0.5, 0.6) is 5.75 Å². The molecule has 0 aliphatic rings.